The van der Waals surface area contributed by atoms with Gasteiger partial charge >= 0.3 is 0 Å². The topological polar surface area (TPSA) is 72.5 Å². The standard InChI is InChI=1S/C45H40O7/c1-47-41-28-42(51-31-36-19-11-5-12-20-36)44(48-2)45(52-32-37-21-13-6-14-22-37)43(41)38(46)25-23-33-24-26-39(49-29-34-15-7-3-8-16-34)40(27-33)50-30-35-17-9-4-10-18-35/h3-28H,29-32H2,1-2H3/b25-23+. The number of hydrogen-bond donors (Lipinski definition) is 0. The molecule has 0 saturated heterocycles. The first-order valence-corrected chi connectivity index (χ1v) is 16.9. The molecule has 0 fully saturated rings. The number of rotatable bonds is 17. The maximum atomic E-state index is 14.1. The molecule has 0 aromatic heterocycles. The molecule has 0 N–H and O–H groups in total. The highest BCUT2D eigenvalue weighted by atomic mass is 16.5. The van der Waals surface area contributed by atoms with Crippen LogP contribution in [0.2, 0.25) is 0 Å². The van der Waals surface area contributed by atoms with Crippen LogP contribution >= 0.6 is 0 Å². The first-order chi connectivity index (χ1) is 25.6. The van der Waals surface area contributed by atoms with E-state index in [-0.39, 0.29) is 36.1 Å². The van der Waals surface area contributed by atoms with Crippen molar-refractivity contribution in [3.8, 4) is 34.5 Å². The third-order valence-corrected chi connectivity index (χ3v) is 8.17. The normalized spacial score (nSPS) is 10.8. The van der Waals surface area contributed by atoms with Gasteiger partial charge in [-0.1, -0.05) is 133 Å². The first kappa shape index (κ1) is 35.4. The summed E-state index contributed by atoms with van der Waals surface area (Å²) >= 11 is 0. The van der Waals surface area contributed by atoms with Crippen molar-refractivity contribution in [3.05, 3.63) is 185 Å². The van der Waals surface area contributed by atoms with Gasteiger partial charge in [0.05, 0.1) is 14.2 Å². The van der Waals surface area contributed by atoms with Crippen molar-refractivity contribution in [1.29, 1.82) is 0 Å². The number of hydrogen-bond acceptors (Lipinski definition) is 7. The fraction of sp³-hybridized carbons (Fsp3) is 0.133. The van der Waals surface area contributed by atoms with Crippen LogP contribution in [0.25, 0.3) is 6.08 Å². The lowest BCUT2D eigenvalue weighted by atomic mass is 10.0. The Kier molecular flexibility index (Phi) is 12.2. The van der Waals surface area contributed by atoms with E-state index >= 15 is 0 Å². The molecule has 0 spiro atoms. The molecule has 7 heteroatoms. The van der Waals surface area contributed by atoms with E-state index in [2.05, 4.69) is 0 Å². The van der Waals surface area contributed by atoms with Crippen LogP contribution in [0.4, 0.5) is 0 Å². The second-order valence-electron chi connectivity index (χ2n) is 11.8. The van der Waals surface area contributed by atoms with E-state index in [1.54, 1.807) is 12.1 Å². The van der Waals surface area contributed by atoms with Crippen molar-refractivity contribution in [2.75, 3.05) is 14.2 Å². The van der Waals surface area contributed by atoms with Crippen LogP contribution in [-0.4, -0.2) is 20.0 Å². The molecule has 7 nitrogen and oxygen atoms in total. The summed E-state index contributed by atoms with van der Waals surface area (Å²) in [6.45, 7) is 1.21. The molecule has 0 aliphatic heterocycles. The molecule has 0 saturated carbocycles. The van der Waals surface area contributed by atoms with Crippen molar-refractivity contribution >= 4 is 11.9 Å². The Hall–Kier alpha value is -6.47. The maximum absolute atomic E-state index is 14.1. The Balaban J connectivity index is 1.30. The summed E-state index contributed by atoms with van der Waals surface area (Å²) in [7, 11) is 3.03. The molecule has 0 unspecified atom stereocenters. The molecule has 0 bridgehead atoms. The first-order valence-electron chi connectivity index (χ1n) is 16.9. The van der Waals surface area contributed by atoms with Crippen molar-refractivity contribution in [3.63, 3.8) is 0 Å². The van der Waals surface area contributed by atoms with Gasteiger partial charge in [-0.25, -0.2) is 0 Å². The van der Waals surface area contributed by atoms with Crippen LogP contribution in [0.1, 0.15) is 38.2 Å². The Labute approximate surface area is 304 Å². The average Bonchev–Trinajstić information content (AvgIpc) is 3.21. The predicted molar refractivity (Wildman–Crippen MR) is 202 cm³/mol. The van der Waals surface area contributed by atoms with Gasteiger partial charge in [0, 0.05) is 6.07 Å². The summed E-state index contributed by atoms with van der Waals surface area (Å²) in [5.74, 6) is 2.00. The fourth-order valence-electron chi connectivity index (χ4n) is 5.48. The van der Waals surface area contributed by atoms with Gasteiger partial charge in [-0.2, -0.15) is 0 Å². The molecule has 0 aliphatic carbocycles. The molecule has 0 atom stereocenters. The van der Waals surface area contributed by atoms with Crippen molar-refractivity contribution in [1.82, 2.24) is 0 Å². The van der Waals surface area contributed by atoms with Crippen LogP contribution in [0, 0.1) is 0 Å². The highest BCUT2D eigenvalue weighted by Crippen LogP contribution is 2.46. The Bertz CT molecular complexity index is 2060. The lowest BCUT2D eigenvalue weighted by Gasteiger charge is -2.20. The van der Waals surface area contributed by atoms with E-state index in [4.69, 9.17) is 28.4 Å². The molecular weight excluding hydrogens is 652 g/mol. The Morgan fingerprint density at radius 2 is 0.923 bits per heavy atom. The molecule has 0 amide bonds. The molecule has 6 aromatic rings. The van der Waals surface area contributed by atoms with Crippen molar-refractivity contribution in [2.24, 2.45) is 0 Å². The summed E-state index contributed by atoms with van der Waals surface area (Å²) in [6.07, 6.45) is 3.21. The van der Waals surface area contributed by atoms with Gasteiger partial charge in [-0.3, -0.25) is 4.79 Å². The zero-order valence-corrected chi connectivity index (χ0v) is 29.2. The number of allylic oxidation sites excluding steroid dienone is 1. The van der Waals surface area contributed by atoms with Crippen molar-refractivity contribution in [2.45, 2.75) is 26.4 Å². The molecule has 262 valence electrons. The van der Waals surface area contributed by atoms with E-state index in [9.17, 15) is 4.79 Å². The highest BCUT2D eigenvalue weighted by molar-refractivity contribution is 6.11. The molecule has 0 heterocycles. The fourth-order valence-corrected chi connectivity index (χ4v) is 5.48. The van der Waals surface area contributed by atoms with Crippen LogP contribution in [0.15, 0.2) is 152 Å². The Morgan fingerprint density at radius 3 is 1.40 bits per heavy atom. The zero-order chi connectivity index (χ0) is 36.0. The van der Waals surface area contributed by atoms with E-state index < -0.39 is 0 Å². The minimum atomic E-state index is -0.344. The molecule has 6 rings (SSSR count). The summed E-state index contributed by atoms with van der Waals surface area (Å²) < 4.78 is 36.6. The lowest BCUT2D eigenvalue weighted by Crippen LogP contribution is -2.09. The van der Waals surface area contributed by atoms with Gasteiger partial charge in [0.15, 0.2) is 28.8 Å². The minimum absolute atomic E-state index is 0.193. The smallest absolute Gasteiger partial charge is 0.204 e. The number of ether oxygens (including phenoxy) is 6. The molecule has 0 radical (unpaired) electrons. The zero-order valence-electron chi connectivity index (χ0n) is 29.2. The van der Waals surface area contributed by atoms with Crippen LogP contribution in [0.3, 0.4) is 0 Å². The summed E-state index contributed by atoms with van der Waals surface area (Å²) in [4.78, 5) is 14.1. The van der Waals surface area contributed by atoms with Gasteiger partial charge < -0.3 is 28.4 Å². The monoisotopic (exact) mass is 692 g/mol. The SMILES string of the molecule is COc1cc(OCc2ccccc2)c(OC)c(OCc2ccccc2)c1C(=O)/C=C/c1ccc(OCc2ccccc2)c(OCc2ccccc2)c1. The van der Waals surface area contributed by atoms with Gasteiger partial charge in [0.1, 0.15) is 37.7 Å². The summed E-state index contributed by atoms with van der Waals surface area (Å²) in [5, 5.41) is 0. The highest BCUT2D eigenvalue weighted by Gasteiger charge is 2.26. The van der Waals surface area contributed by atoms with E-state index in [0.29, 0.717) is 36.2 Å². The van der Waals surface area contributed by atoms with Gasteiger partial charge in [-0.15, -0.1) is 0 Å². The second kappa shape index (κ2) is 18.0. The minimum Gasteiger partial charge on any atom is -0.496 e. The molecule has 52 heavy (non-hydrogen) atoms. The van der Waals surface area contributed by atoms with E-state index in [1.165, 1.54) is 20.3 Å². The number of carbonyl (C=O) groups excluding carboxylic acids is 1. The van der Waals surface area contributed by atoms with Crippen molar-refractivity contribution < 1.29 is 33.2 Å². The second-order valence-corrected chi connectivity index (χ2v) is 11.8. The van der Waals surface area contributed by atoms with Gasteiger partial charge in [0.2, 0.25) is 5.75 Å². The van der Waals surface area contributed by atoms with Crippen LogP contribution in [0.5, 0.6) is 34.5 Å². The van der Waals surface area contributed by atoms with Gasteiger partial charge in [0.25, 0.3) is 0 Å². The van der Waals surface area contributed by atoms with E-state index in [0.717, 1.165) is 27.8 Å². The van der Waals surface area contributed by atoms with E-state index in [1.807, 2.05) is 140 Å². The average molecular weight is 693 g/mol. The molecule has 6 aromatic carbocycles. The van der Waals surface area contributed by atoms with Crippen LogP contribution in [-0.2, 0) is 26.4 Å². The molecule has 0 aliphatic rings. The number of carbonyl (C=O) groups is 1. The third kappa shape index (κ3) is 9.40. The summed E-state index contributed by atoms with van der Waals surface area (Å²) in [5.41, 5.74) is 4.91. The predicted octanol–water partition coefficient (Wildman–Crippen LogP) is 9.92. The maximum Gasteiger partial charge on any atom is 0.204 e. The van der Waals surface area contributed by atoms with Gasteiger partial charge in [-0.05, 0) is 46.0 Å². The number of methoxy groups -OCH3 is 2. The number of benzene rings is 6. The number of ketones is 1. The lowest BCUT2D eigenvalue weighted by molar-refractivity contribution is 0.103. The quantitative estimate of drug-likeness (QED) is 0.0696. The summed E-state index contributed by atoms with van der Waals surface area (Å²) in [6, 6.07) is 46.6. The Morgan fingerprint density at radius 1 is 0.462 bits per heavy atom. The third-order valence-electron chi connectivity index (χ3n) is 8.17. The largest absolute Gasteiger partial charge is 0.496 e. The molecular formula is C45H40O7. The van der Waals surface area contributed by atoms with Crippen LogP contribution < -0.4 is 28.4 Å².